The minimum atomic E-state index is -1.16. The number of hydrogen-bond acceptors (Lipinski definition) is 8. The molecular weight excluding hydrogens is 550 g/mol. The number of carbonyl (C=O) groups excluding carboxylic acids is 2. The number of carbonyl (C=O) groups is 2. The summed E-state index contributed by atoms with van der Waals surface area (Å²) in [6, 6.07) is 9.71. The number of benzene rings is 1. The Balaban J connectivity index is 1.30. The van der Waals surface area contributed by atoms with E-state index in [-0.39, 0.29) is 31.0 Å². The van der Waals surface area contributed by atoms with E-state index in [1.807, 2.05) is 48.9 Å². The number of amides is 2. The monoisotopic (exact) mass is 593 g/mol. The summed E-state index contributed by atoms with van der Waals surface area (Å²) in [7, 11) is 3.16. The topological polar surface area (TPSA) is 109 Å². The van der Waals surface area contributed by atoms with Crippen molar-refractivity contribution < 1.29 is 28.9 Å². The Morgan fingerprint density at radius 2 is 1.91 bits per heavy atom. The molecule has 2 amide bonds. The van der Waals surface area contributed by atoms with Gasteiger partial charge in [-0.3, -0.25) is 9.69 Å². The molecule has 1 unspecified atom stereocenters. The lowest BCUT2D eigenvalue weighted by Crippen LogP contribution is -2.56. The fourth-order valence-corrected chi connectivity index (χ4v) is 6.09. The van der Waals surface area contributed by atoms with E-state index in [9.17, 15) is 14.7 Å². The zero-order valence-corrected chi connectivity index (χ0v) is 25.9. The Labute approximate surface area is 252 Å². The first-order valence-electron chi connectivity index (χ1n) is 14.9. The molecule has 11 heteroatoms. The Hall–Kier alpha value is -3.99. The van der Waals surface area contributed by atoms with Crippen molar-refractivity contribution in [3.63, 3.8) is 0 Å². The van der Waals surface area contributed by atoms with Gasteiger partial charge in [-0.15, -0.1) is 0 Å². The van der Waals surface area contributed by atoms with Crippen molar-refractivity contribution in [1.29, 1.82) is 0 Å². The van der Waals surface area contributed by atoms with Crippen LogP contribution in [0.3, 0.4) is 0 Å². The summed E-state index contributed by atoms with van der Waals surface area (Å²) in [5, 5.41) is 16.0. The minimum absolute atomic E-state index is 0.0965. The van der Waals surface area contributed by atoms with Gasteiger partial charge in [0.25, 0.3) is 0 Å². The maximum atomic E-state index is 13.0. The molecule has 2 aliphatic rings. The molecule has 11 nitrogen and oxygen atoms in total. The second kappa shape index (κ2) is 12.3. The molecule has 0 bridgehead atoms. The first-order chi connectivity index (χ1) is 20.5. The van der Waals surface area contributed by atoms with Crippen LogP contribution in [-0.2, 0) is 22.5 Å². The molecule has 5 rings (SSSR count). The summed E-state index contributed by atoms with van der Waals surface area (Å²) in [6.07, 6.45) is 5.20. The lowest BCUT2D eigenvalue weighted by molar-refractivity contribution is -0.146. The van der Waals surface area contributed by atoms with Gasteiger partial charge >= 0.3 is 6.09 Å². The summed E-state index contributed by atoms with van der Waals surface area (Å²) in [4.78, 5) is 30.7. The number of aliphatic hydroxyl groups excluding tert-OH is 1. The maximum absolute atomic E-state index is 13.0. The van der Waals surface area contributed by atoms with Crippen molar-refractivity contribution in [2.24, 2.45) is 5.92 Å². The van der Waals surface area contributed by atoms with Crippen molar-refractivity contribution in [3.8, 4) is 11.5 Å². The van der Waals surface area contributed by atoms with Gasteiger partial charge in [-0.2, -0.15) is 5.10 Å². The Kier molecular flexibility index (Phi) is 8.73. The largest absolute Gasteiger partial charge is 0.497 e. The van der Waals surface area contributed by atoms with Crippen LogP contribution in [0.25, 0.3) is 5.52 Å². The molecule has 2 saturated heterocycles. The third-order valence-corrected chi connectivity index (χ3v) is 8.29. The molecule has 2 aromatic heterocycles. The van der Waals surface area contributed by atoms with Gasteiger partial charge in [0, 0.05) is 43.4 Å². The number of hydrogen-bond donors (Lipinski definition) is 1. The highest BCUT2D eigenvalue weighted by molar-refractivity contribution is 5.81. The van der Waals surface area contributed by atoms with Crippen LogP contribution in [0.2, 0.25) is 0 Å². The molecule has 3 atom stereocenters. The Bertz CT molecular complexity index is 1470. The van der Waals surface area contributed by atoms with Gasteiger partial charge in [-0.1, -0.05) is 0 Å². The minimum Gasteiger partial charge on any atom is -0.497 e. The Morgan fingerprint density at radius 1 is 1.12 bits per heavy atom. The number of aromatic nitrogens is 2. The van der Waals surface area contributed by atoms with E-state index in [0.29, 0.717) is 30.5 Å². The van der Waals surface area contributed by atoms with Crippen LogP contribution < -0.4 is 14.4 Å². The molecule has 0 saturated carbocycles. The number of piperidine rings is 1. The Morgan fingerprint density at radius 3 is 2.60 bits per heavy atom. The van der Waals surface area contributed by atoms with E-state index < -0.39 is 12.0 Å². The molecule has 0 aliphatic carbocycles. The first-order valence-corrected chi connectivity index (χ1v) is 14.9. The molecule has 1 aromatic carbocycles. The van der Waals surface area contributed by atoms with E-state index in [0.717, 1.165) is 36.0 Å². The average molecular weight is 594 g/mol. The highest BCUT2D eigenvalue weighted by Gasteiger charge is 2.35. The second-order valence-corrected chi connectivity index (χ2v) is 12.5. The van der Waals surface area contributed by atoms with Crippen LogP contribution in [-0.4, -0.2) is 81.8 Å². The second-order valence-electron chi connectivity index (χ2n) is 12.5. The predicted octanol–water partition coefficient (Wildman–Crippen LogP) is 4.44. The van der Waals surface area contributed by atoms with Crippen LogP contribution >= 0.6 is 0 Å². The van der Waals surface area contributed by atoms with Crippen LogP contribution in [0.5, 0.6) is 11.5 Å². The van der Waals surface area contributed by atoms with Crippen molar-refractivity contribution in [2.75, 3.05) is 32.2 Å². The van der Waals surface area contributed by atoms with Crippen molar-refractivity contribution in [3.05, 3.63) is 53.9 Å². The number of nitrogens with zero attached hydrogens (tertiary/aromatic N) is 5. The van der Waals surface area contributed by atoms with Gasteiger partial charge in [-0.25, -0.2) is 9.31 Å². The van der Waals surface area contributed by atoms with Crippen LogP contribution in [0.4, 0.5) is 10.5 Å². The normalized spacial score (nSPS) is 21.3. The standard InChI is InChI=1S/C32H43N5O6/c1-21-15-22(9-12-34(21)31(40)43-32(2,3)4)16-23-10-14-37-26(17-23)27(19-33-37)35-13-11-29(38)36(30(35)39)20-24-7-8-25(41-5)18-28(24)42-6/h7-8,10,14,17-19,21-22,30,39H,9,11-13,15-16,20H2,1-6H3/t21-,22+,30?/m0/s1. The zero-order chi connectivity index (χ0) is 30.9. The number of fused-ring (bicyclic) bond motifs is 1. The lowest BCUT2D eigenvalue weighted by atomic mass is 9.87. The SMILES string of the molecule is COc1ccc(CN2C(=O)CCN(c3cnn4ccc(C[C@@H]5CCN(C(=O)OC(C)(C)C)[C@@H](C)C5)cc34)C2O)c(OC)c1. The number of rotatable bonds is 7. The predicted molar refractivity (Wildman–Crippen MR) is 162 cm³/mol. The fourth-order valence-electron chi connectivity index (χ4n) is 6.09. The molecule has 4 heterocycles. The number of methoxy groups -OCH3 is 2. The summed E-state index contributed by atoms with van der Waals surface area (Å²) >= 11 is 0. The third kappa shape index (κ3) is 6.66. The molecule has 0 spiro atoms. The van der Waals surface area contributed by atoms with Crippen LogP contribution in [0.15, 0.2) is 42.7 Å². The highest BCUT2D eigenvalue weighted by atomic mass is 16.6. The first kappa shape index (κ1) is 30.5. The quantitative estimate of drug-likeness (QED) is 0.428. The molecule has 2 aliphatic heterocycles. The highest BCUT2D eigenvalue weighted by Crippen LogP contribution is 2.33. The van der Waals surface area contributed by atoms with Crippen molar-refractivity contribution >= 4 is 23.2 Å². The molecule has 2 fully saturated rings. The molecule has 3 aromatic rings. The smallest absolute Gasteiger partial charge is 0.410 e. The number of aliphatic hydroxyl groups is 1. The molecule has 0 radical (unpaired) electrons. The molecule has 1 N–H and O–H groups in total. The van der Waals surface area contributed by atoms with Gasteiger partial charge in [0.05, 0.1) is 38.2 Å². The molecular formula is C32H43N5O6. The van der Waals surface area contributed by atoms with Gasteiger partial charge < -0.3 is 29.1 Å². The van der Waals surface area contributed by atoms with Crippen molar-refractivity contribution in [1.82, 2.24) is 19.4 Å². The summed E-state index contributed by atoms with van der Waals surface area (Å²) in [6.45, 7) is 8.99. The number of likely N-dealkylation sites (tertiary alicyclic amines) is 1. The number of ether oxygens (including phenoxy) is 3. The van der Waals surface area contributed by atoms with Crippen LogP contribution in [0.1, 0.15) is 58.1 Å². The summed E-state index contributed by atoms with van der Waals surface area (Å²) < 4.78 is 18.2. The van der Waals surface area contributed by atoms with E-state index in [4.69, 9.17) is 14.2 Å². The summed E-state index contributed by atoms with van der Waals surface area (Å²) in [5.74, 6) is 1.53. The maximum Gasteiger partial charge on any atom is 0.410 e. The van der Waals surface area contributed by atoms with Crippen LogP contribution in [0, 0.1) is 5.92 Å². The number of anilines is 1. The van der Waals surface area contributed by atoms with Gasteiger partial charge in [0.1, 0.15) is 17.1 Å². The lowest BCUT2D eigenvalue weighted by Gasteiger charge is -2.41. The zero-order valence-electron chi connectivity index (χ0n) is 25.9. The van der Waals surface area contributed by atoms with Gasteiger partial charge in [0.2, 0.25) is 12.3 Å². The summed E-state index contributed by atoms with van der Waals surface area (Å²) in [5.41, 5.74) is 3.06. The van der Waals surface area contributed by atoms with E-state index in [1.165, 1.54) is 10.5 Å². The molecule has 43 heavy (non-hydrogen) atoms. The van der Waals surface area contributed by atoms with E-state index >= 15 is 0 Å². The van der Waals surface area contributed by atoms with Gasteiger partial charge in [-0.05, 0) is 82.7 Å². The fraction of sp³-hybridized carbons (Fsp3) is 0.531. The van der Waals surface area contributed by atoms with Gasteiger partial charge in [0.15, 0.2) is 0 Å². The van der Waals surface area contributed by atoms with E-state index in [1.54, 1.807) is 31.0 Å². The van der Waals surface area contributed by atoms with Crippen molar-refractivity contribution in [2.45, 2.75) is 77.9 Å². The average Bonchev–Trinajstić information content (AvgIpc) is 3.37. The number of pyridine rings is 1. The third-order valence-electron chi connectivity index (χ3n) is 8.29. The molecule has 232 valence electrons. The van der Waals surface area contributed by atoms with E-state index in [2.05, 4.69) is 24.2 Å².